The van der Waals surface area contributed by atoms with Gasteiger partial charge in [0.1, 0.15) is 0 Å². The van der Waals surface area contributed by atoms with Crippen LogP contribution in [0.5, 0.6) is 0 Å². The first-order valence-electron chi connectivity index (χ1n) is 5.75. The summed E-state index contributed by atoms with van der Waals surface area (Å²) in [7, 11) is 0. The Hall–Kier alpha value is -1.74. The van der Waals surface area contributed by atoms with E-state index in [0.717, 1.165) is 33.3 Å². The number of hydrogen-bond acceptors (Lipinski definition) is 2. The molecule has 0 spiro atoms. The number of pyridine rings is 2. The second-order valence-electron chi connectivity index (χ2n) is 4.04. The minimum absolute atomic E-state index is 0.758. The Kier molecular flexibility index (Phi) is 3.07. The molecule has 0 N–H and O–H groups in total. The first kappa shape index (κ1) is 11.4. The Labute approximate surface area is 114 Å². The van der Waals surface area contributed by atoms with Gasteiger partial charge in [0.2, 0.25) is 0 Å². The van der Waals surface area contributed by atoms with Crippen LogP contribution in [0.4, 0.5) is 0 Å². The molecule has 2 aromatic heterocycles. The topological polar surface area (TPSA) is 25.8 Å². The minimum Gasteiger partial charge on any atom is -0.250 e. The maximum absolute atomic E-state index is 4.64. The van der Waals surface area contributed by atoms with E-state index in [9.17, 15) is 0 Å². The van der Waals surface area contributed by atoms with E-state index >= 15 is 0 Å². The second kappa shape index (κ2) is 4.86. The van der Waals surface area contributed by atoms with Crippen molar-refractivity contribution in [3.05, 3.63) is 60.3 Å². The smallest absolute Gasteiger partial charge is 0.0894 e. The van der Waals surface area contributed by atoms with Crippen LogP contribution >= 0.6 is 15.9 Å². The minimum atomic E-state index is 0.758. The normalized spacial score (nSPS) is 10.7. The van der Waals surface area contributed by atoms with Crippen LogP contribution < -0.4 is 0 Å². The van der Waals surface area contributed by atoms with Crippen LogP contribution in [0.15, 0.2) is 54.6 Å². The van der Waals surface area contributed by atoms with Gasteiger partial charge in [-0.1, -0.05) is 46.3 Å². The Morgan fingerprint density at radius 1 is 0.778 bits per heavy atom. The lowest BCUT2D eigenvalue weighted by atomic mass is 10.1. The van der Waals surface area contributed by atoms with Crippen molar-refractivity contribution in [1.82, 2.24) is 9.97 Å². The zero-order chi connectivity index (χ0) is 12.4. The summed E-state index contributed by atoms with van der Waals surface area (Å²) >= 11 is 3.42. The number of halogens is 1. The van der Waals surface area contributed by atoms with Gasteiger partial charge in [-0.2, -0.15) is 0 Å². The molecule has 0 bridgehead atoms. The molecule has 3 rings (SSSR count). The van der Waals surface area contributed by atoms with E-state index in [0.29, 0.717) is 0 Å². The predicted molar refractivity (Wildman–Crippen MR) is 77.6 cm³/mol. The molecule has 0 saturated heterocycles. The van der Waals surface area contributed by atoms with Gasteiger partial charge in [-0.25, -0.2) is 4.98 Å². The quantitative estimate of drug-likeness (QED) is 0.663. The van der Waals surface area contributed by atoms with Gasteiger partial charge in [0, 0.05) is 10.7 Å². The van der Waals surface area contributed by atoms with Crippen LogP contribution in [-0.4, -0.2) is 9.97 Å². The number of benzene rings is 1. The van der Waals surface area contributed by atoms with Gasteiger partial charge in [-0.05, 0) is 24.3 Å². The average Bonchev–Trinajstić information content (AvgIpc) is 2.47. The van der Waals surface area contributed by atoms with Gasteiger partial charge in [0.15, 0.2) is 0 Å². The van der Waals surface area contributed by atoms with E-state index < -0.39 is 0 Å². The van der Waals surface area contributed by atoms with Gasteiger partial charge in [-0.15, -0.1) is 0 Å². The first-order chi connectivity index (χ1) is 8.86. The lowest BCUT2D eigenvalue weighted by molar-refractivity contribution is 1.17. The van der Waals surface area contributed by atoms with Gasteiger partial charge >= 0.3 is 0 Å². The summed E-state index contributed by atoms with van der Waals surface area (Å²) in [5.41, 5.74) is 3.85. The van der Waals surface area contributed by atoms with E-state index in [2.05, 4.69) is 38.0 Å². The van der Waals surface area contributed by atoms with Gasteiger partial charge in [0.25, 0.3) is 0 Å². The lowest BCUT2D eigenvalue weighted by Crippen LogP contribution is -1.91. The fraction of sp³-hybridized carbons (Fsp3) is 0.0667. The Bertz CT molecular complexity index is 695. The molecule has 2 nitrogen and oxygen atoms in total. The van der Waals surface area contributed by atoms with E-state index in [1.54, 1.807) is 0 Å². The SMILES string of the molecule is BrCc1cccc(-c2ccc3ccccc3n2)n1. The standard InChI is InChI=1S/C15H11BrN2/c16-10-12-5-3-7-14(17-12)15-9-8-11-4-1-2-6-13(11)18-15/h1-9H,10H2. The molecular weight excluding hydrogens is 288 g/mol. The Morgan fingerprint density at radius 3 is 2.50 bits per heavy atom. The summed E-state index contributed by atoms with van der Waals surface area (Å²) in [4.78, 5) is 9.20. The van der Waals surface area contributed by atoms with Crippen molar-refractivity contribution < 1.29 is 0 Å². The molecule has 0 aliphatic rings. The number of rotatable bonds is 2. The summed E-state index contributed by atoms with van der Waals surface area (Å²) in [5, 5.41) is 1.91. The maximum Gasteiger partial charge on any atom is 0.0894 e. The van der Waals surface area contributed by atoms with Crippen LogP contribution in [0.3, 0.4) is 0 Å². The molecule has 0 fully saturated rings. The third-order valence-electron chi connectivity index (χ3n) is 2.80. The number of fused-ring (bicyclic) bond motifs is 1. The van der Waals surface area contributed by atoms with Gasteiger partial charge in [0.05, 0.1) is 22.6 Å². The molecule has 0 unspecified atom stereocenters. The molecule has 0 aliphatic carbocycles. The van der Waals surface area contributed by atoms with Crippen LogP contribution in [0.25, 0.3) is 22.3 Å². The summed E-state index contributed by atoms with van der Waals surface area (Å²) in [6.45, 7) is 0. The average molecular weight is 299 g/mol. The van der Waals surface area contributed by atoms with Crippen molar-refractivity contribution in [2.24, 2.45) is 0 Å². The van der Waals surface area contributed by atoms with Gasteiger partial charge in [-0.3, -0.25) is 4.98 Å². The zero-order valence-corrected chi connectivity index (χ0v) is 11.3. The number of hydrogen-bond donors (Lipinski definition) is 0. The third kappa shape index (κ3) is 2.14. The number of nitrogens with zero attached hydrogens (tertiary/aromatic N) is 2. The number of aromatic nitrogens is 2. The van der Waals surface area contributed by atoms with E-state index in [-0.39, 0.29) is 0 Å². The van der Waals surface area contributed by atoms with Crippen LogP contribution in [-0.2, 0) is 5.33 Å². The van der Waals surface area contributed by atoms with E-state index in [1.165, 1.54) is 0 Å². The lowest BCUT2D eigenvalue weighted by Gasteiger charge is -2.03. The molecule has 3 aromatic rings. The van der Waals surface area contributed by atoms with Crippen LogP contribution in [0.1, 0.15) is 5.69 Å². The van der Waals surface area contributed by atoms with Crippen LogP contribution in [0.2, 0.25) is 0 Å². The van der Waals surface area contributed by atoms with Crippen molar-refractivity contribution in [2.45, 2.75) is 5.33 Å². The Balaban J connectivity index is 2.13. The van der Waals surface area contributed by atoms with Gasteiger partial charge < -0.3 is 0 Å². The highest BCUT2D eigenvalue weighted by atomic mass is 79.9. The highest BCUT2D eigenvalue weighted by Crippen LogP contribution is 2.19. The molecule has 0 atom stereocenters. The summed E-state index contributed by atoms with van der Waals surface area (Å²) in [6, 6.07) is 18.2. The largest absolute Gasteiger partial charge is 0.250 e. The van der Waals surface area contributed by atoms with Crippen molar-refractivity contribution in [3.8, 4) is 11.4 Å². The van der Waals surface area contributed by atoms with E-state index in [4.69, 9.17) is 0 Å². The predicted octanol–water partition coefficient (Wildman–Crippen LogP) is 4.19. The fourth-order valence-corrected chi connectivity index (χ4v) is 2.22. The molecule has 0 aliphatic heterocycles. The molecule has 3 heteroatoms. The molecule has 0 amide bonds. The molecule has 18 heavy (non-hydrogen) atoms. The molecule has 2 heterocycles. The molecular formula is C15H11BrN2. The van der Waals surface area contributed by atoms with E-state index in [1.807, 2.05) is 42.5 Å². The Morgan fingerprint density at radius 2 is 1.61 bits per heavy atom. The van der Waals surface area contributed by atoms with Crippen molar-refractivity contribution in [1.29, 1.82) is 0 Å². The highest BCUT2D eigenvalue weighted by molar-refractivity contribution is 9.08. The van der Waals surface area contributed by atoms with Crippen molar-refractivity contribution >= 4 is 26.8 Å². The van der Waals surface area contributed by atoms with Crippen LogP contribution in [0, 0.1) is 0 Å². The molecule has 88 valence electrons. The number of alkyl halides is 1. The third-order valence-corrected chi connectivity index (χ3v) is 3.38. The molecule has 0 radical (unpaired) electrons. The maximum atomic E-state index is 4.64. The molecule has 0 saturated carbocycles. The second-order valence-corrected chi connectivity index (χ2v) is 4.60. The molecule has 1 aromatic carbocycles. The van der Waals surface area contributed by atoms with Crippen molar-refractivity contribution in [2.75, 3.05) is 0 Å². The highest BCUT2D eigenvalue weighted by Gasteiger charge is 2.03. The zero-order valence-electron chi connectivity index (χ0n) is 9.68. The summed E-state index contributed by atoms with van der Waals surface area (Å²) in [6.07, 6.45) is 0. The first-order valence-corrected chi connectivity index (χ1v) is 6.87. The summed E-state index contributed by atoms with van der Waals surface area (Å²) in [5.74, 6) is 0. The number of para-hydroxylation sites is 1. The monoisotopic (exact) mass is 298 g/mol. The van der Waals surface area contributed by atoms with Crippen molar-refractivity contribution in [3.63, 3.8) is 0 Å². The fourth-order valence-electron chi connectivity index (χ4n) is 1.91. The summed E-state index contributed by atoms with van der Waals surface area (Å²) < 4.78 is 0.